The molecule has 88 valence electrons. The smallest absolute Gasteiger partial charge is 0.257 e. The van der Waals surface area contributed by atoms with Gasteiger partial charge in [0.25, 0.3) is 5.91 Å². The lowest BCUT2D eigenvalue weighted by atomic mass is 10.1. The van der Waals surface area contributed by atoms with E-state index in [-0.39, 0.29) is 11.8 Å². The summed E-state index contributed by atoms with van der Waals surface area (Å²) in [5.41, 5.74) is 6.09. The van der Waals surface area contributed by atoms with Gasteiger partial charge in [0.2, 0.25) is 0 Å². The van der Waals surface area contributed by atoms with Crippen molar-refractivity contribution in [3.05, 3.63) is 23.7 Å². The number of carbonyl (C=O) groups is 1. The quantitative estimate of drug-likeness (QED) is 0.812. The Morgan fingerprint density at radius 1 is 1.69 bits per heavy atom. The molecule has 1 atom stereocenters. The molecule has 0 aliphatic rings. The number of nitrogens with two attached hydrogens (primary N) is 1. The van der Waals surface area contributed by atoms with Crippen LogP contribution in [0.3, 0.4) is 0 Å². The first-order valence-corrected chi connectivity index (χ1v) is 5.43. The molecule has 0 aromatic carbocycles. The van der Waals surface area contributed by atoms with Gasteiger partial charge in [-0.3, -0.25) is 4.79 Å². The van der Waals surface area contributed by atoms with E-state index in [1.807, 2.05) is 6.92 Å². The van der Waals surface area contributed by atoms with Gasteiger partial charge in [-0.05, 0) is 13.0 Å². The van der Waals surface area contributed by atoms with Crippen molar-refractivity contribution in [2.45, 2.75) is 13.8 Å². The molecule has 1 aromatic heterocycles. The van der Waals surface area contributed by atoms with Crippen LogP contribution < -0.4 is 5.73 Å². The van der Waals surface area contributed by atoms with Crippen molar-refractivity contribution in [1.29, 1.82) is 0 Å². The number of aryl methyl sites for hydroxylation is 1. The van der Waals surface area contributed by atoms with Crippen LogP contribution in [0.15, 0.2) is 16.7 Å². The number of rotatable bonds is 4. The highest BCUT2D eigenvalue weighted by Gasteiger charge is 2.18. The van der Waals surface area contributed by atoms with Crippen LogP contribution >= 0.6 is 12.2 Å². The molecule has 2 N–H and O–H groups in total. The van der Waals surface area contributed by atoms with E-state index in [9.17, 15) is 4.79 Å². The lowest BCUT2D eigenvalue weighted by Crippen LogP contribution is -2.35. The van der Waals surface area contributed by atoms with Gasteiger partial charge in [-0.2, -0.15) is 0 Å². The van der Waals surface area contributed by atoms with E-state index in [1.54, 1.807) is 24.9 Å². The van der Waals surface area contributed by atoms with Crippen molar-refractivity contribution in [2.24, 2.45) is 11.7 Å². The van der Waals surface area contributed by atoms with Gasteiger partial charge in [0, 0.05) is 19.5 Å². The molecule has 1 aromatic rings. The fourth-order valence-corrected chi connectivity index (χ4v) is 1.47. The Kier molecular flexibility index (Phi) is 4.06. The summed E-state index contributed by atoms with van der Waals surface area (Å²) in [4.78, 5) is 14.0. The Morgan fingerprint density at radius 3 is 2.75 bits per heavy atom. The Morgan fingerprint density at radius 2 is 2.31 bits per heavy atom. The van der Waals surface area contributed by atoms with Crippen molar-refractivity contribution in [1.82, 2.24) is 4.90 Å². The molecule has 5 heteroatoms. The summed E-state index contributed by atoms with van der Waals surface area (Å²) in [6, 6.07) is 1.67. The Hall–Kier alpha value is -1.36. The topological polar surface area (TPSA) is 59.5 Å². The highest BCUT2D eigenvalue weighted by molar-refractivity contribution is 7.80. The highest BCUT2D eigenvalue weighted by Crippen LogP contribution is 2.12. The lowest BCUT2D eigenvalue weighted by Gasteiger charge is -2.20. The first-order chi connectivity index (χ1) is 7.43. The minimum Gasteiger partial charge on any atom is -0.469 e. The van der Waals surface area contributed by atoms with E-state index in [4.69, 9.17) is 22.4 Å². The molecule has 0 bridgehead atoms. The van der Waals surface area contributed by atoms with E-state index < -0.39 is 0 Å². The molecule has 0 radical (unpaired) electrons. The molecule has 0 spiro atoms. The van der Waals surface area contributed by atoms with Crippen LogP contribution in [0.25, 0.3) is 0 Å². The van der Waals surface area contributed by atoms with Gasteiger partial charge in [0.1, 0.15) is 5.76 Å². The fraction of sp³-hybridized carbons (Fsp3) is 0.455. The second kappa shape index (κ2) is 5.12. The van der Waals surface area contributed by atoms with Crippen LogP contribution in [0, 0.1) is 12.8 Å². The third-order valence-electron chi connectivity index (χ3n) is 2.47. The van der Waals surface area contributed by atoms with Crippen LogP contribution in [-0.2, 0) is 0 Å². The molecule has 4 nitrogen and oxygen atoms in total. The fourth-order valence-electron chi connectivity index (χ4n) is 1.40. The molecule has 0 saturated heterocycles. The number of furan rings is 1. The maximum atomic E-state index is 12.0. The van der Waals surface area contributed by atoms with Gasteiger partial charge in [0.15, 0.2) is 0 Å². The molecular formula is C11H16N2O2S. The van der Waals surface area contributed by atoms with E-state index in [0.29, 0.717) is 22.9 Å². The second-order valence-corrected chi connectivity index (χ2v) is 4.35. The Balaban J connectivity index is 2.69. The van der Waals surface area contributed by atoms with Crippen LogP contribution in [0.5, 0.6) is 0 Å². The molecule has 0 aliphatic heterocycles. The zero-order valence-corrected chi connectivity index (χ0v) is 10.5. The van der Waals surface area contributed by atoms with Crippen molar-refractivity contribution in [3.63, 3.8) is 0 Å². The minimum atomic E-state index is -0.0747. The summed E-state index contributed by atoms with van der Waals surface area (Å²) in [6.07, 6.45) is 1.51. The lowest BCUT2D eigenvalue weighted by molar-refractivity contribution is 0.0785. The molecule has 16 heavy (non-hydrogen) atoms. The molecular weight excluding hydrogens is 224 g/mol. The number of thiocarbonyl (C=S) groups is 1. The second-order valence-electron chi connectivity index (χ2n) is 3.88. The standard InChI is InChI=1S/C11H16N2O2S/c1-7(10(12)16)6-13(3)11(14)9-4-5-15-8(9)2/h4-5,7H,6H2,1-3H3,(H2,12,16). The van der Waals surface area contributed by atoms with Crippen molar-refractivity contribution in [3.8, 4) is 0 Å². The maximum absolute atomic E-state index is 12.0. The van der Waals surface area contributed by atoms with Crippen LogP contribution in [-0.4, -0.2) is 29.4 Å². The van der Waals surface area contributed by atoms with Crippen molar-refractivity contribution >= 4 is 23.1 Å². The van der Waals surface area contributed by atoms with Crippen LogP contribution in [0.1, 0.15) is 23.0 Å². The summed E-state index contributed by atoms with van der Waals surface area (Å²) >= 11 is 4.87. The zero-order chi connectivity index (χ0) is 12.3. The minimum absolute atomic E-state index is 0.0103. The number of amides is 1. The number of nitrogens with zero attached hydrogens (tertiary/aromatic N) is 1. The van der Waals surface area contributed by atoms with Gasteiger partial charge in [-0.1, -0.05) is 19.1 Å². The monoisotopic (exact) mass is 240 g/mol. The average Bonchev–Trinajstić information content (AvgIpc) is 2.62. The van der Waals surface area contributed by atoms with E-state index >= 15 is 0 Å². The van der Waals surface area contributed by atoms with Gasteiger partial charge >= 0.3 is 0 Å². The molecule has 1 unspecified atom stereocenters. The van der Waals surface area contributed by atoms with Gasteiger partial charge in [0.05, 0.1) is 16.8 Å². The number of hydrogen-bond acceptors (Lipinski definition) is 3. The average molecular weight is 240 g/mol. The molecule has 0 aliphatic carbocycles. The Bertz CT molecular complexity index is 400. The number of carbonyl (C=O) groups excluding carboxylic acids is 1. The van der Waals surface area contributed by atoms with Crippen molar-refractivity contribution in [2.75, 3.05) is 13.6 Å². The molecule has 1 amide bonds. The van der Waals surface area contributed by atoms with Crippen LogP contribution in [0.4, 0.5) is 0 Å². The predicted octanol–water partition coefficient (Wildman–Crippen LogP) is 1.58. The van der Waals surface area contributed by atoms with Crippen molar-refractivity contribution < 1.29 is 9.21 Å². The summed E-state index contributed by atoms with van der Waals surface area (Å²) in [5, 5.41) is 0. The zero-order valence-electron chi connectivity index (χ0n) is 9.69. The first-order valence-electron chi connectivity index (χ1n) is 5.02. The SMILES string of the molecule is Cc1occc1C(=O)N(C)CC(C)C(N)=S. The van der Waals surface area contributed by atoms with Crippen LogP contribution in [0.2, 0.25) is 0 Å². The predicted molar refractivity (Wildman–Crippen MR) is 66.4 cm³/mol. The van der Waals surface area contributed by atoms with E-state index in [1.165, 1.54) is 6.26 Å². The van der Waals surface area contributed by atoms with E-state index in [2.05, 4.69) is 0 Å². The first kappa shape index (κ1) is 12.7. The maximum Gasteiger partial charge on any atom is 0.257 e. The van der Waals surface area contributed by atoms with Gasteiger partial charge in [-0.15, -0.1) is 0 Å². The third kappa shape index (κ3) is 2.82. The Labute approximate surface area is 100 Å². The third-order valence-corrected chi connectivity index (χ3v) is 2.87. The van der Waals surface area contributed by atoms with E-state index in [0.717, 1.165) is 0 Å². The number of hydrogen-bond donors (Lipinski definition) is 1. The summed E-state index contributed by atoms with van der Waals surface area (Å²) in [7, 11) is 1.73. The van der Waals surface area contributed by atoms with Gasteiger partial charge < -0.3 is 15.1 Å². The molecule has 0 fully saturated rings. The molecule has 1 heterocycles. The summed E-state index contributed by atoms with van der Waals surface area (Å²) in [5.74, 6) is 0.560. The summed E-state index contributed by atoms with van der Waals surface area (Å²) in [6.45, 7) is 4.17. The molecule has 1 rings (SSSR count). The highest BCUT2D eigenvalue weighted by atomic mass is 32.1. The largest absolute Gasteiger partial charge is 0.469 e. The van der Waals surface area contributed by atoms with Gasteiger partial charge in [-0.25, -0.2) is 0 Å². The normalized spacial score (nSPS) is 12.2. The summed E-state index contributed by atoms with van der Waals surface area (Å²) < 4.78 is 5.09. The molecule has 0 saturated carbocycles.